The molecule has 0 spiro atoms. The molecule has 1 aliphatic carbocycles. The van der Waals surface area contributed by atoms with E-state index in [1.165, 1.54) is 18.6 Å². The number of phenolic OH excluding ortho intramolecular Hbond substituents is 1. The van der Waals surface area contributed by atoms with Gasteiger partial charge in [-0.2, -0.15) is 17.6 Å². The van der Waals surface area contributed by atoms with E-state index in [0.717, 1.165) is 56.4 Å². The molecule has 1 N–H and O–H groups in total. The molecule has 2 aromatic carbocycles. The van der Waals surface area contributed by atoms with Crippen molar-refractivity contribution in [3.63, 3.8) is 0 Å². The van der Waals surface area contributed by atoms with Crippen LogP contribution in [-0.4, -0.2) is 11.2 Å². The summed E-state index contributed by atoms with van der Waals surface area (Å²) in [4.78, 5) is 0. The summed E-state index contributed by atoms with van der Waals surface area (Å²) in [5.74, 6) is -0.585. The number of rotatable bonds is 10. The zero-order valence-electron chi connectivity index (χ0n) is 25.1. The number of ether oxygens (including phenoxy) is 2. The van der Waals surface area contributed by atoms with E-state index in [1.807, 2.05) is 41.5 Å². The van der Waals surface area contributed by atoms with Crippen LogP contribution in [0.15, 0.2) is 36.4 Å². The third-order valence-corrected chi connectivity index (χ3v) is 7.93. The molecular formula is C33H46F4O3. The highest BCUT2D eigenvalue weighted by Gasteiger charge is 2.44. The Hall–Kier alpha value is -2.44. The van der Waals surface area contributed by atoms with Crippen molar-refractivity contribution in [1.29, 1.82) is 0 Å². The third kappa shape index (κ3) is 8.07. The summed E-state index contributed by atoms with van der Waals surface area (Å²) in [6.07, 6.45) is -0.240. The highest BCUT2D eigenvalue weighted by Crippen LogP contribution is 2.44. The van der Waals surface area contributed by atoms with Crippen molar-refractivity contribution < 1.29 is 32.1 Å². The lowest BCUT2D eigenvalue weighted by atomic mass is 9.79. The summed E-state index contributed by atoms with van der Waals surface area (Å²) in [7, 11) is 0. The number of unbranched alkanes of at least 4 members (excludes halogenated alkanes) is 2. The number of phenols is 1. The van der Waals surface area contributed by atoms with Gasteiger partial charge in [-0.05, 0) is 78.8 Å². The van der Waals surface area contributed by atoms with E-state index in [0.29, 0.717) is 29.9 Å². The minimum absolute atomic E-state index is 0.0584. The van der Waals surface area contributed by atoms with E-state index in [1.54, 1.807) is 0 Å². The molecular weight excluding hydrogens is 520 g/mol. The highest BCUT2D eigenvalue weighted by molar-refractivity contribution is 5.52. The summed E-state index contributed by atoms with van der Waals surface area (Å²) in [6.45, 7) is 13.4. The van der Waals surface area contributed by atoms with E-state index in [-0.39, 0.29) is 17.2 Å². The van der Waals surface area contributed by atoms with Gasteiger partial charge in [0.05, 0.1) is 11.5 Å². The smallest absolute Gasteiger partial charge is 0.426 e. The molecule has 0 radical (unpaired) electrons. The number of hydrogen-bond donors (Lipinski definition) is 1. The zero-order chi connectivity index (χ0) is 29.9. The molecule has 224 valence electrons. The molecule has 1 fully saturated rings. The summed E-state index contributed by atoms with van der Waals surface area (Å²) < 4.78 is 70.5. The Morgan fingerprint density at radius 3 is 1.75 bits per heavy atom. The van der Waals surface area contributed by atoms with E-state index in [4.69, 9.17) is 9.47 Å². The fourth-order valence-electron chi connectivity index (χ4n) is 5.44. The monoisotopic (exact) mass is 566 g/mol. The van der Waals surface area contributed by atoms with Crippen LogP contribution in [-0.2, 0) is 16.9 Å². The molecule has 0 bridgehead atoms. The first-order chi connectivity index (χ1) is 18.4. The van der Waals surface area contributed by atoms with Gasteiger partial charge in [-0.15, -0.1) is 0 Å². The minimum atomic E-state index is -3.74. The van der Waals surface area contributed by atoms with Crippen molar-refractivity contribution >= 4 is 0 Å². The Morgan fingerprint density at radius 2 is 1.27 bits per heavy atom. The van der Waals surface area contributed by atoms with Gasteiger partial charge in [-0.25, -0.2) is 0 Å². The fourth-order valence-corrected chi connectivity index (χ4v) is 5.44. The predicted molar refractivity (Wildman–Crippen MR) is 152 cm³/mol. The molecule has 3 nitrogen and oxygen atoms in total. The summed E-state index contributed by atoms with van der Waals surface area (Å²) in [6, 6.07) is 7.21. The van der Waals surface area contributed by atoms with Crippen molar-refractivity contribution in [3.05, 3.63) is 53.1 Å². The molecule has 0 amide bonds. The Balaban J connectivity index is 1.71. The van der Waals surface area contributed by atoms with Crippen molar-refractivity contribution in [3.8, 4) is 17.2 Å². The van der Waals surface area contributed by atoms with Gasteiger partial charge >= 0.3 is 12.2 Å². The Kier molecular flexibility index (Phi) is 9.78. The zero-order valence-corrected chi connectivity index (χ0v) is 25.1. The summed E-state index contributed by atoms with van der Waals surface area (Å²) in [5.41, 5.74) is -0.536. The summed E-state index contributed by atoms with van der Waals surface area (Å²) >= 11 is 0. The molecule has 3 rings (SSSR count). The van der Waals surface area contributed by atoms with Crippen LogP contribution in [0.2, 0.25) is 0 Å². The lowest BCUT2D eigenvalue weighted by Crippen LogP contribution is -2.37. The van der Waals surface area contributed by atoms with Gasteiger partial charge in [0.2, 0.25) is 0 Å². The van der Waals surface area contributed by atoms with Gasteiger partial charge in [0.15, 0.2) is 0 Å². The van der Waals surface area contributed by atoms with Crippen molar-refractivity contribution in [2.75, 3.05) is 0 Å². The average molecular weight is 567 g/mol. The molecule has 0 unspecified atom stereocenters. The molecule has 1 aliphatic rings. The molecule has 40 heavy (non-hydrogen) atoms. The first kappa shape index (κ1) is 32.1. The van der Waals surface area contributed by atoms with Crippen molar-refractivity contribution in [2.24, 2.45) is 11.8 Å². The number of benzene rings is 2. The van der Waals surface area contributed by atoms with Crippen LogP contribution in [0.5, 0.6) is 17.2 Å². The van der Waals surface area contributed by atoms with Crippen molar-refractivity contribution in [1.82, 2.24) is 0 Å². The largest absolute Gasteiger partial charge is 0.507 e. The Morgan fingerprint density at radius 1 is 0.750 bits per heavy atom. The van der Waals surface area contributed by atoms with Gasteiger partial charge < -0.3 is 14.6 Å². The number of alkyl halides is 4. The molecule has 0 aliphatic heterocycles. The second-order valence-electron chi connectivity index (χ2n) is 13.4. The lowest BCUT2D eigenvalue weighted by molar-refractivity contribution is -0.223. The SMILES string of the molecule is CCCCCC1CCC(C(F)(F)Oc2ccc(C(F)(F)Oc3cc(C(C)(C)C)c(O)c(C(C)(C)C)c3)cc2)CC1. The van der Waals surface area contributed by atoms with Gasteiger partial charge in [0.25, 0.3) is 0 Å². The lowest BCUT2D eigenvalue weighted by Gasteiger charge is -2.33. The van der Waals surface area contributed by atoms with Crippen LogP contribution < -0.4 is 9.47 Å². The quantitative estimate of drug-likeness (QED) is 0.230. The minimum Gasteiger partial charge on any atom is -0.507 e. The molecule has 0 aromatic heterocycles. The first-order valence-corrected chi connectivity index (χ1v) is 14.6. The Labute approximate surface area is 237 Å². The number of aromatic hydroxyl groups is 1. The van der Waals surface area contributed by atoms with Gasteiger partial charge in [-0.1, -0.05) is 74.1 Å². The Bertz CT molecular complexity index is 1070. The molecule has 0 atom stereocenters. The van der Waals surface area contributed by atoms with Gasteiger partial charge in [0, 0.05) is 11.1 Å². The van der Waals surface area contributed by atoms with Crippen LogP contribution >= 0.6 is 0 Å². The van der Waals surface area contributed by atoms with E-state index in [9.17, 15) is 13.9 Å². The predicted octanol–water partition coefficient (Wildman–Crippen LogP) is 10.5. The maximum atomic E-state index is 15.2. The highest BCUT2D eigenvalue weighted by atomic mass is 19.3. The topological polar surface area (TPSA) is 38.7 Å². The molecule has 0 heterocycles. The molecule has 0 saturated heterocycles. The average Bonchev–Trinajstić information content (AvgIpc) is 2.84. The third-order valence-electron chi connectivity index (χ3n) is 7.93. The van der Waals surface area contributed by atoms with Gasteiger partial charge in [0.1, 0.15) is 17.2 Å². The van der Waals surface area contributed by atoms with Crippen LogP contribution in [0.4, 0.5) is 17.6 Å². The molecule has 1 saturated carbocycles. The van der Waals surface area contributed by atoms with E-state index in [2.05, 4.69) is 6.92 Å². The number of halogens is 4. The fraction of sp³-hybridized carbons (Fsp3) is 0.636. The molecule has 2 aromatic rings. The van der Waals surface area contributed by atoms with Crippen LogP contribution in [0.1, 0.15) is 117 Å². The van der Waals surface area contributed by atoms with Crippen molar-refractivity contribution in [2.45, 2.75) is 123 Å². The van der Waals surface area contributed by atoms with E-state index >= 15 is 8.78 Å². The van der Waals surface area contributed by atoms with Crippen LogP contribution in [0, 0.1) is 11.8 Å². The van der Waals surface area contributed by atoms with Crippen LogP contribution in [0.25, 0.3) is 0 Å². The second-order valence-corrected chi connectivity index (χ2v) is 13.4. The second kappa shape index (κ2) is 12.2. The first-order valence-electron chi connectivity index (χ1n) is 14.6. The maximum Gasteiger partial charge on any atom is 0.426 e. The van der Waals surface area contributed by atoms with Crippen LogP contribution in [0.3, 0.4) is 0 Å². The van der Waals surface area contributed by atoms with E-state index < -0.39 is 34.5 Å². The summed E-state index contributed by atoms with van der Waals surface area (Å²) in [5, 5.41) is 10.9. The number of hydrogen-bond acceptors (Lipinski definition) is 3. The molecule has 7 heteroatoms. The maximum absolute atomic E-state index is 15.2. The van der Waals surface area contributed by atoms with Gasteiger partial charge in [-0.3, -0.25) is 0 Å². The normalized spacial score (nSPS) is 19.0. The standard InChI is InChI=1S/C33H46F4O3/c1-8-9-10-11-22-12-14-23(15-13-22)32(34,35)39-25-18-16-24(17-19-25)33(36,37)40-26-20-27(30(2,3)4)29(38)28(21-26)31(5,6)7/h16-23,38H,8-15H2,1-7H3.